The zero-order valence-corrected chi connectivity index (χ0v) is 20.3. The molecule has 6 nitrogen and oxygen atoms in total. The molecule has 3 atom stereocenters. The van der Waals surface area contributed by atoms with Gasteiger partial charge in [0.25, 0.3) is 0 Å². The molecular weight excluding hydrogens is 372 g/mol. The lowest BCUT2D eigenvalue weighted by atomic mass is 9.96. The molecule has 162 valence electrons. The van der Waals surface area contributed by atoms with Gasteiger partial charge in [-0.2, -0.15) is 0 Å². The molecule has 0 spiro atoms. The third kappa shape index (κ3) is 5.29. The smallest absolute Gasteiger partial charge is 0.410 e. The first kappa shape index (κ1) is 23.2. The fraction of sp³-hybridized carbons (Fsp3) is 0.905. The molecule has 0 bridgehead atoms. The fourth-order valence-electron chi connectivity index (χ4n) is 3.85. The maximum absolute atomic E-state index is 12.9. The van der Waals surface area contributed by atoms with Gasteiger partial charge in [0.15, 0.2) is 8.32 Å². The SMILES string of the molecule is CCN1C[C@@H]([C@@H]2C[C@@H](O[Si](C)(C)C(C)(C)C)CN2C(=O)OC(C)(C)C)CC1=O. The van der Waals surface area contributed by atoms with Crippen LogP contribution in [0.3, 0.4) is 0 Å². The summed E-state index contributed by atoms with van der Waals surface area (Å²) < 4.78 is 12.3. The number of hydrogen-bond donors (Lipinski definition) is 0. The van der Waals surface area contributed by atoms with Gasteiger partial charge in [0.2, 0.25) is 5.91 Å². The average molecular weight is 413 g/mol. The monoisotopic (exact) mass is 412 g/mol. The van der Waals surface area contributed by atoms with E-state index in [-0.39, 0.29) is 35.1 Å². The van der Waals surface area contributed by atoms with E-state index >= 15 is 0 Å². The van der Waals surface area contributed by atoms with Crippen molar-refractivity contribution in [2.45, 2.75) is 97.2 Å². The van der Waals surface area contributed by atoms with Crippen LogP contribution in [-0.2, 0) is 14.0 Å². The van der Waals surface area contributed by atoms with Crippen LogP contribution >= 0.6 is 0 Å². The lowest BCUT2D eigenvalue weighted by Gasteiger charge is -2.38. The molecule has 0 unspecified atom stereocenters. The highest BCUT2D eigenvalue weighted by atomic mass is 28.4. The zero-order chi connectivity index (χ0) is 21.5. The minimum absolute atomic E-state index is 0.00388. The number of ether oxygens (including phenoxy) is 1. The molecule has 28 heavy (non-hydrogen) atoms. The second-order valence-electron chi connectivity index (χ2n) is 10.8. The van der Waals surface area contributed by atoms with Gasteiger partial charge < -0.3 is 19.0 Å². The highest BCUT2D eigenvalue weighted by molar-refractivity contribution is 6.74. The summed E-state index contributed by atoms with van der Waals surface area (Å²) in [6.07, 6.45) is 0.997. The second kappa shape index (κ2) is 7.98. The van der Waals surface area contributed by atoms with E-state index < -0.39 is 13.9 Å². The number of amides is 2. The third-order valence-corrected chi connectivity index (χ3v) is 10.9. The summed E-state index contributed by atoms with van der Waals surface area (Å²) in [5.41, 5.74) is -0.541. The summed E-state index contributed by atoms with van der Waals surface area (Å²) in [5, 5.41) is 0.115. The minimum atomic E-state index is -1.94. The van der Waals surface area contributed by atoms with Crippen molar-refractivity contribution in [1.82, 2.24) is 9.80 Å². The Labute approximate surface area is 172 Å². The summed E-state index contributed by atoms with van der Waals surface area (Å²) in [6.45, 7) is 20.8. The van der Waals surface area contributed by atoms with E-state index in [0.717, 1.165) is 13.0 Å². The Bertz CT molecular complexity index is 594. The largest absolute Gasteiger partial charge is 0.444 e. The Balaban J connectivity index is 2.19. The maximum Gasteiger partial charge on any atom is 0.410 e. The van der Waals surface area contributed by atoms with Crippen molar-refractivity contribution in [3.05, 3.63) is 0 Å². The molecule has 2 aliphatic rings. The Morgan fingerprint density at radius 1 is 1.14 bits per heavy atom. The number of rotatable bonds is 4. The number of hydrogen-bond acceptors (Lipinski definition) is 4. The van der Waals surface area contributed by atoms with E-state index in [2.05, 4.69) is 33.9 Å². The number of carbonyl (C=O) groups excluding carboxylic acids is 2. The van der Waals surface area contributed by atoms with Crippen LogP contribution in [0.25, 0.3) is 0 Å². The van der Waals surface area contributed by atoms with Gasteiger partial charge in [0.1, 0.15) is 5.60 Å². The molecule has 2 heterocycles. The van der Waals surface area contributed by atoms with E-state index in [1.165, 1.54) is 0 Å². The topological polar surface area (TPSA) is 59.1 Å². The number of likely N-dealkylation sites (tertiary alicyclic amines) is 2. The quantitative estimate of drug-likeness (QED) is 0.648. The van der Waals surface area contributed by atoms with E-state index in [9.17, 15) is 9.59 Å². The van der Waals surface area contributed by atoms with Gasteiger partial charge in [-0.05, 0) is 52.2 Å². The van der Waals surface area contributed by atoms with Crippen LogP contribution in [-0.4, -0.2) is 67.5 Å². The standard InChI is InChI=1S/C21H40N2O4Si/c1-10-22-13-15(11-18(22)24)17-12-16(27-28(8,9)21(5,6)7)14-23(17)19(25)26-20(2,3)4/h15-17H,10-14H2,1-9H3/t15-,16+,17-/m0/s1. The second-order valence-corrected chi connectivity index (χ2v) is 15.6. The first-order valence-corrected chi connectivity index (χ1v) is 13.5. The van der Waals surface area contributed by atoms with Gasteiger partial charge in [0, 0.05) is 38.0 Å². The lowest BCUT2D eigenvalue weighted by Crippen LogP contribution is -2.45. The van der Waals surface area contributed by atoms with Gasteiger partial charge >= 0.3 is 6.09 Å². The molecule has 0 saturated carbocycles. The Morgan fingerprint density at radius 3 is 2.21 bits per heavy atom. The van der Waals surface area contributed by atoms with Crippen LogP contribution in [0.4, 0.5) is 4.79 Å². The van der Waals surface area contributed by atoms with Crippen molar-refractivity contribution < 1.29 is 18.8 Å². The fourth-order valence-corrected chi connectivity index (χ4v) is 5.21. The Morgan fingerprint density at radius 2 is 1.75 bits per heavy atom. The first-order valence-electron chi connectivity index (χ1n) is 10.6. The molecule has 2 amide bonds. The van der Waals surface area contributed by atoms with Gasteiger partial charge in [-0.25, -0.2) is 4.79 Å². The molecule has 2 rings (SSSR count). The molecule has 0 aliphatic carbocycles. The molecule has 7 heteroatoms. The lowest BCUT2D eigenvalue weighted by molar-refractivity contribution is -0.127. The molecule has 2 saturated heterocycles. The third-order valence-electron chi connectivity index (χ3n) is 6.37. The highest BCUT2D eigenvalue weighted by Gasteiger charge is 2.48. The van der Waals surface area contributed by atoms with Crippen LogP contribution in [0.5, 0.6) is 0 Å². The van der Waals surface area contributed by atoms with Crippen molar-refractivity contribution in [1.29, 1.82) is 0 Å². The van der Waals surface area contributed by atoms with Crippen LogP contribution in [0.2, 0.25) is 18.1 Å². The van der Waals surface area contributed by atoms with Crippen LogP contribution in [0, 0.1) is 5.92 Å². The molecule has 2 fully saturated rings. The highest BCUT2D eigenvalue weighted by Crippen LogP contribution is 2.40. The molecule has 0 aromatic carbocycles. The van der Waals surface area contributed by atoms with Gasteiger partial charge in [0.05, 0.1) is 6.10 Å². The van der Waals surface area contributed by atoms with E-state index in [0.29, 0.717) is 19.5 Å². The van der Waals surface area contributed by atoms with Gasteiger partial charge in [-0.3, -0.25) is 4.79 Å². The Kier molecular flexibility index (Phi) is 6.61. The van der Waals surface area contributed by atoms with Crippen molar-refractivity contribution in [2.75, 3.05) is 19.6 Å². The molecule has 0 N–H and O–H groups in total. The maximum atomic E-state index is 12.9. The zero-order valence-electron chi connectivity index (χ0n) is 19.3. The summed E-state index contributed by atoms with van der Waals surface area (Å²) in [4.78, 5) is 28.9. The molecule has 0 aromatic heterocycles. The van der Waals surface area contributed by atoms with E-state index in [4.69, 9.17) is 9.16 Å². The summed E-state index contributed by atoms with van der Waals surface area (Å²) in [7, 11) is -1.94. The van der Waals surface area contributed by atoms with Crippen molar-refractivity contribution in [2.24, 2.45) is 5.92 Å². The normalized spacial score (nSPS) is 26.9. The minimum Gasteiger partial charge on any atom is -0.444 e. The van der Waals surface area contributed by atoms with Crippen molar-refractivity contribution >= 4 is 20.3 Å². The summed E-state index contributed by atoms with van der Waals surface area (Å²) >= 11 is 0. The summed E-state index contributed by atoms with van der Waals surface area (Å²) in [6, 6.07) is -0.00915. The van der Waals surface area contributed by atoms with Crippen LogP contribution in [0.1, 0.15) is 61.3 Å². The van der Waals surface area contributed by atoms with Crippen LogP contribution in [0.15, 0.2) is 0 Å². The van der Waals surface area contributed by atoms with Crippen molar-refractivity contribution in [3.8, 4) is 0 Å². The van der Waals surface area contributed by atoms with E-state index in [1.807, 2.05) is 37.5 Å². The van der Waals surface area contributed by atoms with Crippen molar-refractivity contribution in [3.63, 3.8) is 0 Å². The predicted octanol–water partition coefficient (Wildman–Crippen LogP) is 4.25. The molecule has 0 radical (unpaired) electrons. The molecule has 2 aliphatic heterocycles. The average Bonchev–Trinajstić information content (AvgIpc) is 3.07. The van der Waals surface area contributed by atoms with Crippen LogP contribution < -0.4 is 0 Å². The molecular formula is C21H40N2O4Si. The Hall–Kier alpha value is -1.08. The molecule has 0 aromatic rings. The summed E-state index contributed by atoms with van der Waals surface area (Å²) in [5.74, 6) is 0.332. The van der Waals surface area contributed by atoms with Gasteiger partial charge in [-0.1, -0.05) is 20.8 Å². The number of nitrogens with zero attached hydrogens (tertiary/aromatic N) is 2. The predicted molar refractivity (Wildman–Crippen MR) is 114 cm³/mol. The van der Waals surface area contributed by atoms with Gasteiger partial charge in [-0.15, -0.1) is 0 Å². The first-order chi connectivity index (χ1) is 12.6. The van der Waals surface area contributed by atoms with E-state index in [1.54, 1.807) is 0 Å². The number of carbonyl (C=O) groups is 2.